The van der Waals surface area contributed by atoms with Crippen LogP contribution >= 0.6 is 0 Å². The van der Waals surface area contributed by atoms with Crippen molar-refractivity contribution in [3.05, 3.63) is 18.9 Å². The molecule has 0 aliphatic rings. The minimum atomic E-state index is 0.600. The van der Waals surface area contributed by atoms with Crippen LogP contribution in [0.4, 0.5) is 0 Å². The molecule has 0 saturated carbocycles. The normalized spacial score (nSPS) is 10.6. The third kappa shape index (κ3) is 0.849. The van der Waals surface area contributed by atoms with Gasteiger partial charge in [-0.2, -0.15) is 0 Å². The van der Waals surface area contributed by atoms with Gasteiger partial charge in [-0.3, -0.25) is 4.40 Å². The van der Waals surface area contributed by atoms with Crippen molar-refractivity contribution in [2.75, 3.05) is 6.61 Å². The minimum Gasteiger partial charge on any atom is -0.395 e. The largest absolute Gasteiger partial charge is 0.395 e. The van der Waals surface area contributed by atoms with Crippen LogP contribution < -0.4 is 4.84 Å². The quantitative estimate of drug-likeness (QED) is 0.607. The van der Waals surface area contributed by atoms with Crippen LogP contribution in [0.15, 0.2) is 18.9 Å². The van der Waals surface area contributed by atoms with Crippen LogP contribution in [0, 0.1) is 0 Å². The van der Waals surface area contributed by atoms with Crippen molar-refractivity contribution in [3.8, 4) is 0 Å². The fourth-order valence-corrected chi connectivity index (χ4v) is 0.918. The lowest BCUT2D eigenvalue weighted by molar-refractivity contribution is 0.102. The summed E-state index contributed by atoms with van der Waals surface area (Å²) in [6.45, 7) is 2.51. The van der Waals surface area contributed by atoms with E-state index in [0.29, 0.717) is 6.61 Å². The van der Waals surface area contributed by atoms with Crippen molar-refractivity contribution in [2.45, 2.75) is 6.92 Å². The predicted octanol–water partition coefficient (Wildman–Crippen LogP) is -0.0207. The van der Waals surface area contributed by atoms with Gasteiger partial charge in [0.2, 0.25) is 0 Å². The third-order valence-electron chi connectivity index (χ3n) is 1.37. The fourth-order valence-electron chi connectivity index (χ4n) is 0.918. The van der Waals surface area contributed by atoms with Crippen molar-refractivity contribution in [3.63, 3.8) is 0 Å². The van der Waals surface area contributed by atoms with E-state index in [0.717, 1.165) is 5.65 Å². The van der Waals surface area contributed by atoms with Crippen LogP contribution in [0.5, 0.6) is 0 Å². The summed E-state index contributed by atoms with van der Waals surface area (Å²) >= 11 is 0. The van der Waals surface area contributed by atoms with E-state index in [9.17, 15) is 0 Å². The van der Waals surface area contributed by atoms with Crippen LogP contribution in [0.25, 0.3) is 5.65 Å². The number of fused-ring (bicyclic) bond motifs is 1. The van der Waals surface area contributed by atoms with E-state index < -0.39 is 0 Å². The van der Waals surface area contributed by atoms with Crippen molar-refractivity contribution >= 4 is 5.65 Å². The Labute approximate surface area is 63.2 Å². The SMILES string of the molecule is CCOn1ncn2cncc12. The van der Waals surface area contributed by atoms with Gasteiger partial charge < -0.3 is 4.84 Å². The lowest BCUT2D eigenvalue weighted by Crippen LogP contribution is -2.11. The summed E-state index contributed by atoms with van der Waals surface area (Å²) in [6, 6.07) is 0. The summed E-state index contributed by atoms with van der Waals surface area (Å²) in [5.74, 6) is 0. The molecule has 0 atom stereocenters. The first kappa shape index (κ1) is 6.21. The number of rotatable bonds is 2. The molecule has 5 nitrogen and oxygen atoms in total. The highest BCUT2D eigenvalue weighted by Gasteiger charge is 2.00. The Bertz CT molecular complexity index is 350. The summed E-state index contributed by atoms with van der Waals surface area (Å²) in [6.07, 6.45) is 5.03. The molecule has 5 heteroatoms. The lowest BCUT2D eigenvalue weighted by Gasteiger charge is -1.98. The number of aromatic nitrogens is 4. The Hall–Kier alpha value is -1.52. The van der Waals surface area contributed by atoms with E-state index in [2.05, 4.69) is 10.1 Å². The van der Waals surface area contributed by atoms with Crippen LogP contribution in [-0.4, -0.2) is 25.9 Å². The zero-order chi connectivity index (χ0) is 7.68. The van der Waals surface area contributed by atoms with Gasteiger partial charge in [-0.1, -0.05) is 4.85 Å². The smallest absolute Gasteiger partial charge is 0.195 e. The molecule has 2 aromatic rings. The molecule has 0 aromatic carbocycles. The molecule has 2 heterocycles. The van der Waals surface area contributed by atoms with E-state index in [1.807, 2.05) is 6.92 Å². The van der Waals surface area contributed by atoms with Gasteiger partial charge in [0.15, 0.2) is 5.65 Å². The standard InChI is InChI=1S/C6H8N4O/c1-2-11-10-6-3-7-4-9(6)5-8-10/h3-5H,2H2,1H3. The summed E-state index contributed by atoms with van der Waals surface area (Å²) in [5, 5.41) is 3.96. The van der Waals surface area contributed by atoms with Gasteiger partial charge in [0.05, 0.1) is 6.20 Å². The molecule has 0 aliphatic carbocycles. The van der Waals surface area contributed by atoms with Gasteiger partial charge in [-0.15, -0.1) is 5.10 Å². The first-order valence-corrected chi connectivity index (χ1v) is 3.41. The maximum atomic E-state index is 5.16. The van der Waals surface area contributed by atoms with Gasteiger partial charge in [0.25, 0.3) is 0 Å². The molecular formula is C6H8N4O. The molecule has 0 bridgehead atoms. The van der Waals surface area contributed by atoms with Gasteiger partial charge in [0, 0.05) is 0 Å². The van der Waals surface area contributed by atoms with Crippen LogP contribution in [0.3, 0.4) is 0 Å². The molecule has 0 fully saturated rings. The molecule has 2 rings (SSSR count). The molecule has 0 aliphatic heterocycles. The summed E-state index contributed by atoms with van der Waals surface area (Å²) in [7, 11) is 0. The molecule has 58 valence electrons. The van der Waals surface area contributed by atoms with Crippen molar-refractivity contribution in [1.29, 1.82) is 0 Å². The monoisotopic (exact) mass is 152 g/mol. The number of nitrogens with zero attached hydrogens (tertiary/aromatic N) is 4. The Morgan fingerprint density at radius 3 is 3.27 bits per heavy atom. The maximum Gasteiger partial charge on any atom is 0.195 e. The summed E-state index contributed by atoms with van der Waals surface area (Å²) in [4.78, 5) is 10.5. The van der Waals surface area contributed by atoms with Gasteiger partial charge in [-0.05, 0) is 6.92 Å². The van der Waals surface area contributed by atoms with Gasteiger partial charge >= 0.3 is 0 Å². The molecule has 0 radical (unpaired) electrons. The third-order valence-corrected chi connectivity index (χ3v) is 1.37. The second kappa shape index (κ2) is 2.26. The Balaban J connectivity index is 2.51. The topological polar surface area (TPSA) is 44.4 Å². The number of hydrogen-bond donors (Lipinski definition) is 0. The van der Waals surface area contributed by atoms with Gasteiger partial charge in [-0.25, -0.2) is 4.98 Å². The Kier molecular flexibility index (Phi) is 1.28. The highest BCUT2D eigenvalue weighted by Crippen LogP contribution is 1.97. The van der Waals surface area contributed by atoms with Crippen LogP contribution in [0.2, 0.25) is 0 Å². The number of hydrogen-bond acceptors (Lipinski definition) is 3. The number of imidazole rings is 1. The average molecular weight is 152 g/mol. The van der Waals surface area contributed by atoms with E-state index >= 15 is 0 Å². The van der Waals surface area contributed by atoms with E-state index in [1.165, 1.54) is 4.85 Å². The lowest BCUT2D eigenvalue weighted by atomic mass is 10.8. The summed E-state index contributed by atoms with van der Waals surface area (Å²) in [5.41, 5.74) is 0.840. The van der Waals surface area contributed by atoms with Crippen LogP contribution in [0.1, 0.15) is 6.92 Å². The second-order valence-corrected chi connectivity index (χ2v) is 2.08. The highest BCUT2D eigenvalue weighted by atomic mass is 16.7. The van der Waals surface area contributed by atoms with Crippen molar-refractivity contribution < 1.29 is 4.84 Å². The highest BCUT2D eigenvalue weighted by molar-refractivity contribution is 5.33. The molecule has 11 heavy (non-hydrogen) atoms. The molecule has 0 saturated heterocycles. The molecule has 0 N–H and O–H groups in total. The van der Waals surface area contributed by atoms with Gasteiger partial charge in [0.1, 0.15) is 19.3 Å². The summed E-state index contributed by atoms with van der Waals surface area (Å²) < 4.78 is 1.79. The Morgan fingerprint density at radius 2 is 2.45 bits per heavy atom. The minimum absolute atomic E-state index is 0.600. The van der Waals surface area contributed by atoms with Crippen molar-refractivity contribution in [2.24, 2.45) is 0 Å². The predicted molar refractivity (Wildman–Crippen MR) is 38.1 cm³/mol. The van der Waals surface area contributed by atoms with E-state index in [4.69, 9.17) is 4.84 Å². The van der Waals surface area contributed by atoms with E-state index in [-0.39, 0.29) is 0 Å². The van der Waals surface area contributed by atoms with Crippen molar-refractivity contribution in [1.82, 2.24) is 19.3 Å². The zero-order valence-electron chi connectivity index (χ0n) is 6.14. The molecule has 0 amide bonds. The average Bonchev–Trinajstić information content (AvgIpc) is 2.53. The molecule has 0 unspecified atom stereocenters. The van der Waals surface area contributed by atoms with E-state index in [1.54, 1.807) is 23.3 Å². The van der Waals surface area contributed by atoms with Crippen LogP contribution in [-0.2, 0) is 0 Å². The molecule has 2 aromatic heterocycles. The molecule has 0 spiro atoms. The maximum absolute atomic E-state index is 5.16. The zero-order valence-corrected chi connectivity index (χ0v) is 6.14. The Morgan fingerprint density at radius 1 is 1.55 bits per heavy atom. The first-order valence-electron chi connectivity index (χ1n) is 3.41. The fraction of sp³-hybridized carbons (Fsp3) is 0.333. The first-order chi connectivity index (χ1) is 5.42. The second-order valence-electron chi connectivity index (χ2n) is 2.08. The molecular weight excluding hydrogens is 144 g/mol.